The molecule has 6 heterocycles. The van der Waals surface area contributed by atoms with Crippen LogP contribution in [0.15, 0.2) is 41.5 Å². The van der Waals surface area contributed by atoms with Crippen LogP contribution in [0.25, 0.3) is 44.5 Å². The lowest BCUT2D eigenvalue weighted by atomic mass is 9.97. The average Bonchev–Trinajstić information content (AvgIpc) is 3.63. The van der Waals surface area contributed by atoms with Crippen LogP contribution in [-0.2, 0) is 18.8 Å². The highest BCUT2D eigenvalue weighted by molar-refractivity contribution is 6.14. The number of aromatic amines is 1. The van der Waals surface area contributed by atoms with Crippen molar-refractivity contribution >= 4 is 22.1 Å². The summed E-state index contributed by atoms with van der Waals surface area (Å²) in [7, 11) is 3.41. The Balaban J connectivity index is 1.62. The third-order valence-electron chi connectivity index (χ3n) is 7.93. The van der Waals surface area contributed by atoms with Crippen molar-refractivity contribution in [3.63, 3.8) is 0 Å². The Kier molecular flexibility index (Phi) is 4.91. The first kappa shape index (κ1) is 22.4. The van der Waals surface area contributed by atoms with E-state index in [9.17, 15) is 9.18 Å². The van der Waals surface area contributed by atoms with E-state index in [0.29, 0.717) is 46.6 Å². The lowest BCUT2D eigenvalue weighted by molar-refractivity contribution is 0.0431. The van der Waals surface area contributed by atoms with Gasteiger partial charge in [-0.05, 0) is 30.4 Å². The van der Waals surface area contributed by atoms with E-state index in [1.54, 1.807) is 43.2 Å². The quantitative estimate of drug-likeness (QED) is 0.350. The van der Waals surface area contributed by atoms with Gasteiger partial charge in [0, 0.05) is 38.3 Å². The molecule has 1 fully saturated rings. The molecule has 8 rings (SSSR count). The molecule has 2 unspecified atom stereocenters. The second-order valence-electron chi connectivity index (χ2n) is 10.1. The number of H-pyrrole nitrogens is 1. The number of hydrogen-bond acceptors (Lipinski definition) is 4. The second kappa shape index (κ2) is 8.11. The number of imidazole rings is 1. The molecule has 1 aromatic carbocycles. The van der Waals surface area contributed by atoms with E-state index in [2.05, 4.69) is 15.1 Å². The second-order valence-corrected chi connectivity index (χ2v) is 10.1. The van der Waals surface area contributed by atoms with Gasteiger partial charge in [0.2, 0.25) is 5.95 Å². The minimum absolute atomic E-state index is 0.0330. The van der Waals surface area contributed by atoms with Crippen molar-refractivity contribution < 1.29 is 13.5 Å². The molecule has 4 bridgehead atoms. The van der Waals surface area contributed by atoms with Gasteiger partial charge in [0.25, 0.3) is 0 Å². The Hall–Kier alpha value is -3.79. The van der Waals surface area contributed by atoms with Crippen molar-refractivity contribution in [2.45, 2.75) is 44.0 Å². The highest BCUT2D eigenvalue weighted by atomic mass is 19.1. The number of pyridine rings is 1. The highest BCUT2D eigenvalue weighted by Gasteiger charge is 2.32. The minimum atomic E-state index is -1.15. The van der Waals surface area contributed by atoms with Crippen molar-refractivity contribution in [3.05, 3.63) is 58.7 Å². The molecular formula is C27H26F2N6O2. The van der Waals surface area contributed by atoms with Crippen molar-refractivity contribution in [2.24, 2.45) is 14.1 Å². The van der Waals surface area contributed by atoms with Gasteiger partial charge in [-0.3, -0.25) is 13.8 Å². The zero-order valence-corrected chi connectivity index (χ0v) is 20.5. The van der Waals surface area contributed by atoms with Gasteiger partial charge in [0.05, 0.1) is 46.6 Å². The molecular weight excluding hydrogens is 478 g/mol. The molecule has 0 amide bonds. The van der Waals surface area contributed by atoms with Gasteiger partial charge in [-0.2, -0.15) is 4.39 Å². The van der Waals surface area contributed by atoms with Gasteiger partial charge >= 0.3 is 5.69 Å². The van der Waals surface area contributed by atoms with Gasteiger partial charge in [-0.15, -0.1) is 5.10 Å². The zero-order valence-electron chi connectivity index (χ0n) is 20.5. The Morgan fingerprint density at radius 2 is 1.95 bits per heavy atom. The largest absolute Gasteiger partial charge is 0.378 e. The lowest BCUT2D eigenvalue weighted by Crippen LogP contribution is -2.25. The number of ether oxygens (including phenoxy) is 1. The molecule has 8 nitrogen and oxygen atoms in total. The molecule has 5 aromatic rings. The molecule has 10 heteroatoms. The summed E-state index contributed by atoms with van der Waals surface area (Å²) in [5, 5.41) is 4.64. The number of fused-ring (bicyclic) bond motifs is 5. The molecule has 3 aliphatic rings. The summed E-state index contributed by atoms with van der Waals surface area (Å²) in [5.41, 5.74) is 4.74. The highest BCUT2D eigenvalue weighted by Crippen LogP contribution is 2.43. The van der Waals surface area contributed by atoms with Crippen molar-refractivity contribution in [1.29, 1.82) is 0 Å². The van der Waals surface area contributed by atoms with Gasteiger partial charge in [0.1, 0.15) is 11.8 Å². The molecule has 1 N–H and O–H groups in total. The Bertz CT molecular complexity index is 1730. The van der Waals surface area contributed by atoms with Crippen LogP contribution in [-0.4, -0.2) is 41.6 Å². The standard InChI is InChI=1S/C27H26F2N6O2/c1-33-13-18(25(29)32-33)23-21-15-5-3-14(4-6-15)19(28)9-10-37-17-8-7-16(11-17)35-24-20(34(2)27(35)36)12-30-26(31-23)22(21)24/h3-6,12-13,16-17,19H,7-11H2,1-2H3,(H,30,31)/t16?,17-,19?/m0/s1. The third-order valence-corrected chi connectivity index (χ3v) is 7.93. The van der Waals surface area contributed by atoms with Gasteiger partial charge in [-0.25, -0.2) is 14.2 Å². The summed E-state index contributed by atoms with van der Waals surface area (Å²) in [6.45, 7) is 0.323. The molecule has 0 radical (unpaired) electrons. The fourth-order valence-electron chi connectivity index (χ4n) is 6.10. The monoisotopic (exact) mass is 504 g/mol. The predicted octanol–water partition coefficient (Wildman–Crippen LogP) is 4.95. The average molecular weight is 505 g/mol. The maximum Gasteiger partial charge on any atom is 0.329 e. The predicted molar refractivity (Wildman–Crippen MR) is 136 cm³/mol. The molecule has 190 valence electrons. The number of nitrogens with zero attached hydrogens (tertiary/aromatic N) is 5. The van der Waals surface area contributed by atoms with E-state index in [1.807, 2.05) is 16.7 Å². The first-order valence-electron chi connectivity index (χ1n) is 12.6. The summed E-state index contributed by atoms with van der Waals surface area (Å²) < 4.78 is 41.0. The molecule has 3 atom stereocenters. The van der Waals surface area contributed by atoms with Gasteiger partial charge < -0.3 is 9.72 Å². The molecule has 1 saturated carbocycles. The minimum Gasteiger partial charge on any atom is -0.378 e. The zero-order chi connectivity index (χ0) is 25.4. The van der Waals surface area contributed by atoms with E-state index in [4.69, 9.17) is 4.74 Å². The molecule has 4 aromatic heterocycles. The number of rotatable bonds is 1. The normalized spacial score (nSPS) is 21.8. The Morgan fingerprint density at radius 1 is 1.14 bits per heavy atom. The maximum atomic E-state index is 15.0. The fourth-order valence-corrected chi connectivity index (χ4v) is 6.10. The number of nitrogens with one attached hydrogen (secondary N) is 1. The van der Waals surface area contributed by atoms with Crippen LogP contribution in [0.3, 0.4) is 0 Å². The summed E-state index contributed by atoms with van der Waals surface area (Å²) in [4.78, 5) is 21.6. The maximum absolute atomic E-state index is 15.0. The van der Waals surface area contributed by atoms with Crippen LogP contribution in [0.5, 0.6) is 0 Å². The van der Waals surface area contributed by atoms with Gasteiger partial charge in [0.15, 0.2) is 0 Å². The molecule has 0 saturated heterocycles. The molecule has 37 heavy (non-hydrogen) atoms. The number of benzene rings is 1. The fraction of sp³-hybridized carbons (Fsp3) is 0.370. The smallest absolute Gasteiger partial charge is 0.329 e. The number of halogens is 2. The number of aromatic nitrogens is 6. The van der Waals surface area contributed by atoms with E-state index < -0.39 is 12.1 Å². The van der Waals surface area contributed by atoms with Crippen LogP contribution in [0.4, 0.5) is 8.78 Å². The Labute approximate surface area is 210 Å². The van der Waals surface area contributed by atoms with Crippen molar-refractivity contribution in [1.82, 2.24) is 28.9 Å². The molecule has 2 aliphatic heterocycles. The third kappa shape index (κ3) is 3.31. The number of aryl methyl sites for hydroxylation is 2. The van der Waals surface area contributed by atoms with Crippen LogP contribution in [0, 0.1) is 5.95 Å². The van der Waals surface area contributed by atoms with E-state index in [1.165, 1.54) is 4.68 Å². The summed E-state index contributed by atoms with van der Waals surface area (Å²) >= 11 is 0. The summed E-state index contributed by atoms with van der Waals surface area (Å²) in [6, 6.07) is 7.15. The van der Waals surface area contributed by atoms with Gasteiger partial charge in [-0.1, -0.05) is 24.3 Å². The molecule has 0 spiro atoms. The van der Waals surface area contributed by atoms with E-state index in [0.717, 1.165) is 29.3 Å². The van der Waals surface area contributed by atoms with Crippen molar-refractivity contribution in [2.75, 3.05) is 6.61 Å². The first-order chi connectivity index (χ1) is 17.9. The van der Waals surface area contributed by atoms with E-state index in [-0.39, 0.29) is 24.3 Å². The van der Waals surface area contributed by atoms with Crippen LogP contribution < -0.4 is 5.69 Å². The van der Waals surface area contributed by atoms with Crippen molar-refractivity contribution in [3.8, 4) is 22.4 Å². The molecule has 1 aliphatic carbocycles. The number of hydrogen-bond donors (Lipinski definition) is 1. The number of alkyl halides is 1. The van der Waals surface area contributed by atoms with Crippen LogP contribution in [0.1, 0.15) is 43.5 Å². The lowest BCUT2D eigenvalue weighted by Gasteiger charge is -2.15. The van der Waals surface area contributed by atoms with E-state index >= 15 is 4.39 Å². The van der Waals surface area contributed by atoms with Crippen LogP contribution >= 0.6 is 0 Å². The Morgan fingerprint density at radius 3 is 2.70 bits per heavy atom. The SMILES string of the molecule is Cn1cc(-c2[nH]c3ncc4c5c3c2-c2ccc(cc2)C(F)CCO[C@H]2CCC(C2)n5c(=O)n4C)c(F)n1. The summed E-state index contributed by atoms with van der Waals surface area (Å²) in [5.74, 6) is -0.612. The van der Waals surface area contributed by atoms with Crippen LogP contribution in [0.2, 0.25) is 0 Å². The summed E-state index contributed by atoms with van der Waals surface area (Å²) in [6.07, 6.45) is 4.65. The first-order valence-corrected chi connectivity index (χ1v) is 12.6. The topological polar surface area (TPSA) is 82.7 Å².